The van der Waals surface area contributed by atoms with Crippen LogP contribution in [0.15, 0.2) is 12.1 Å². The van der Waals surface area contributed by atoms with Gasteiger partial charge in [0.1, 0.15) is 0 Å². The van der Waals surface area contributed by atoms with Crippen molar-refractivity contribution in [3.8, 4) is 5.75 Å². The van der Waals surface area contributed by atoms with Gasteiger partial charge in [-0.1, -0.05) is 6.92 Å². The van der Waals surface area contributed by atoms with Crippen LogP contribution in [0.5, 0.6) is 5.75 Å². The first-order valence-corrected chi connectivity index (χ1v) is 7.70. The Balaban J connectivity index is 2.28. The molecule has 5 heteroatoms. The van der Waals surface area contributed by atoms with E-state index in [-0.39, 0.29) is 5.82 Å². The predicted molar refractivity (Wildman–Crippen MR) is 85.5 cm³/mol. The van der Waals surface area contributed by atoms with E-state index < -0.39 is 0 Å². The van der Waals surface area contributed by atoms with Gasteiger partial charge >= 0.3 is 0 Å². The number of ether oxygens (including phenoxy) is 1. The monoisotopic (exact) mass is 295 g/mol. The number of hydrogen-bond acceptors (Lipinski definition) is 4. The van der Waals surface area contributed by atoms with Gasteiger partial charge in [0.2, 0.25) is 0 Å². The minimum atomic E-state index is -0.385. The average molecular weight is 295 g/mol. The lowest BCUT2D eigenvalue weighted by Crippen LogP contribution is -2.38. The molecular formula is C16H26FN3O. The maximum atomic E-state index is 13.9. The molecule has 0 aliphatic carbocycles. The van der Waals surface area contributed by atoms with E-state index in [0.29, 0.717) is 24.1 Å². The second-order valence-corrected chi connectivity index (χ2v) is 5.85. The number of rotatable bonds is 4. The molecule has 1 atom stereocenters. The lowest BCUT2D eigenvalue weighted by atomic mass is 10.1. The number of nitrogen functional groups attached to an aromatic ring is 1. The van der Waals surface area contributed by atoms with Gasteiger partial charge in [0.15, 0.2) is 11.6 Å². The summed E-state index contributed by atoms with van der Waals surface area (Å²) in [5.74, 6) is -0.0878. The molecule has 0 saturated carbocycles. The van der Waals surface area contributed by atoms with Gasteiger partial charge in [-0.25, -0.2) is 4.39 Å². The molecule has 1 unspecified atom stereocenters. The molecule has 1 aromatic carbocycles. The summed E-state index contributed by atoms with van der Waals surface area (Å²) in [6, 6.07) is 3.47. The molecule has 1 aromatic rings. The third kappa shape index (κ3) is 3.79. The van der Waals surface area contributed by atoms with Crippen molar-refractivity contribution in [2.75, 3.05) is 43.9 Å². The van der Waals surface area contributed by atoms with Crippen molar-refractivity contribution in [3.05, 3.63) is 17.9 Å². The maximum Gasteiger partial charge on any atom is 0.167 e. The summed E-state index contributed by atoms with van der Waals surface area (Å²) in [5, 5.41) is 0. The smallest absolute Gasteiger partial charge is 0.167 e. The number of nitrogens with two attached hydrogens (primary N) is 1. The van der Waals surface area contributed by atoms with Crippen molar-refractivity contribution < 1.29 is 9.13 Å². The van der Waals surface area contributed by atoms with Gasteiger partial charge in [-0.05, 0) is 33.4 Å². The fourth-order valence-electron chi connectivity index (χ4n) is 2.86. The van der Waals surface area contributed by atoms with E-state index in [4.69, 9.17) is 10.5 Å². The fraction of sp³-hybridized carbons (Fsp3) is 0.625. The zero-order chi connectivity index (χ0) is 15.4. The van der Waals surface area contributed by atoms with E-state index in [9.17, 15) is 4.39 Å². The topological polar surface area (TPSA) is 41.7 Å². The number of hydrogen-bond donors (Lipinski definition) is 1. The summed E-state index contributed by atoms with van der Waals surface area (Å²) < 4.78 is 19.4. The van der Waals surface area contributed by atoms with Gasteiger partial charge in [-0.15, -0.1) is 0 Å². The van der Waals surface area contributed by atoms with Crippen LogP contribution in [-0.4, -0.2) is 44.2 Å². The van der Waals surface area contributed by atoms with Gasteiger partial charge in [0.05, 0.1) is 18.0 Å². The first kappa shape index (κ1) is 15.9. The molecular weight excluding hydrogens is 269 g/mol. The van der Waals surface area contributed by atoms with Crippen LogP contribution in [0.2, 0.25) is 0 Å². The largest absolute Gasteiger partial charge is 0.490 e. The lowest BCUT2D eigenvalue weighted by molar-refractivity contribution is 0.301. The third-order valence-corrected chi connectivity index (χ3v) is 3.90. The van der Waals surface area contributed by atoms with Gasteiger partial charge in [-0.2, -0.15) is 0 Å². The van der Waals surface area contributed by atoms with E-state index in [1.165, 1.54) is 6.07 Å². The molecule has 4 nitrogen and oxygen atoms in total. The fourth-order valence-corrected chi connectivity index (χ4v) is 2.86. The van der Waals surface area contributed by atoms with E-state index in [0.717, 1.165) is 38.2 Å². The van der Waals surface area contributed by atoms with Crippen molar-refractivity contribution in [3.63, 3.8) is 0 Å². The first-order chi connectivity index (χ1) is 10.0. The SMILES string of the molecule is CCCOc1cc(N2CCCN(C)CC2C)c(N)cc1F. The summed E-state index contributed by atoms with van der Waals surface area (Å²) in [4.78, 5) is 4.58. The Morgan fingerprint density at radius 2 is 2.14 bits per heavy atom. The van der Waals surface area contributed by atoms with E-state index in [1.54, 1.807) is 6.07 Å². The predicted octanol–water partition coefficient (Wildman–Crippen LogP) is 2.73. The molecule has 0 aromatic heterocycles. The van der Waals surface area contributed by atoms with Gasteiger partial charge < -0.3 is 20.3 Å². The molecule has 1 fully saturated rings. The third-order valence-electron chi connectivity index (χ3n) is 3.90. The number of nitrogens with zero attached hydrogens (tertiary/aromatic N) is 2. The van der Waals surface area contributed by atoms with Crippen LogP contribution >= 0.6 is 0 Å². The summed E-state index contributed by atoms with van der Waals surface area (Å²) in [7, 11) is 2.13. The van der Waals surface area contributed by atoms with Crippen LogP contribution in [0, 0.1) is 5.82 Å². The van der Waals surface area contributed by atoms with Gasteiger partial charge in [0, 0.05) is 31.3 Å². The Morgan fingerprint density at radius 1 is 1.38 bits per heavy atom. The second kappa shape index (κ2) is 6.98. The quantitative estimate of drug-likeness (QED) is 0.867. The molecule has 1 saturated heterocycles. The number of anilines is 2. The Bertz CT molecular complexity index is 481. The molecule has 0 amide bonds. The maximum absolute atomic E-state index is 13.9. The first-order valence-electron chi connectivity index (χ1n) is 7.70. The van der Waals surface area contributed by atoms with Crippen LogP contribution < -0.4 is 15.4 Å². The summed E-state index contributed by atoms with van der Waals surface area (Å²) in [6.07, 6.45) is 1.92. The molecule has 21 heavy (non-hydrogen) atoms. The molecule has 118 valence electrons. The van der Waals surface area contributed by atoms with Crippen LogP contribution in [0.1, 0.15) is 26.7 Å². The van der Waals surface area contributed by atoms with Crippen LogP contribution in [0.3, 0.4) is 0 Å². The zero-order valence-electron chi connectivity index (χ0n) is 13.2. The van der Waals surface area contributed by atoms with Crippen molar-refractivity contribution in [2.24, 2.45) is 0 Å². The Labute approximate surface area is 126 Å². The molecule has 1 heterocycles. The minimum Gasteiger partial charge on any atom is -0.490 e. The molecule has 0 bridgehead atoms. The van der Waals surface area contributed by atoms with Crippen molar-refractivity contribution >= 4 is 11.4 Å². The highest BCUT2D eigenvalue weighted by atomic mass is 19.1. The summed E-state index contributed by atoms with van der Waals surface area (Å²) >= 11 is 0. The van der Waals surface area contributed by atoms with E-state index >= 15 is 0 Å². The Kier molecular flexibility index (Phi) is 5.28. The number of benzene rings is 1. The molecule has 1 aliphatic heterocycles. The Hall–Kier alpha value is -1.49. The van der Waals surface area contributed by atoms with Crippen LogP contribution in [0.4, 0.5) is 15.8 Å². The highest BCUT2D eigenvalue weighted by molar-refractivity contribution is 5.70. The second-order valence-electron chi connectivity index (χ2n) is 5.85. The lowest BCUT2D eigenvalue weighted by Gasteiger charge is -2.31. The molecule has 0 spiro atoms. The Morgan fingerprint density at radius 3 is 2.86 bits per heavy atom. The number of halogens is 1. The molecule has 2 N–H and O–H groups in total. The van der Waals surface area contributed by atoms with Crippen molar-refractivity contribution in [1.29, 1.82) is 0 Å². The van der Waals surface area contributed by atoms with E-state index in [1.807, 2.05) is 6.92 Å². The molecule has 0 radical (unpaired) electrons. The van der Waals surface area contributed by atoms with Crippen molar-refractivity contribution in [1.82, 2.24) is 4.90 Å². The average Bonchev–Trinajstić information content (AvgIpc) is 2.59. The minimum absolute atomic E-state index is 0.297. The van der Waals surface area contributed by atoms with Gasteiger partial charge in [0.25, 0.3) is 0 Å². The molecule has 1 aliphatic rings. The van der Waals surface area contributed by atoms with E-state index in [2.05, 4.69) is 23.8 Å². The number of likely N-dealkylation sites (N-methyl/N-ethyl adjacent to an activating group) is 1. The normalized spacial score (nSPS) is 20.4. The highest BCUT2D eigenvalue weighted by Crippen LogP contribution is 2.33. The molecule has 2 rings (SSSR count). The highest BCUT2D eigenvalue weighted by Gasteiger charge is 2.23. The van der Waals surface area contributed by atoms with Crippen molar-refractivity contribution in [2.45, 2.75) is 32.7 Å². The van der Waals surface area contributed by atoms with Gasteiger partial charge in [-0.3, -0.25) is 0 Å². The van der Waals surface area contributed by atoms with Crippen LogP contribution in [0.25, 0.3) is 0 Å². The summed E-state index contributed by atoms with van der Waals surface area (Å²) in [5.41, 5.74) is 7.41. The van der Waals surface area contributed by atoms with Crippen LogP contribution in [-0.2, 0) is 0 Å². The standard InChI is InChI=1S/C16H26FN3O/c1-4-8-21-16-10-15(14(18)9-13(16)17)20-7-5-6-19(3)11-12(20)2/h9-10,12H,4-8,11,18H2,1-3H3. The zero-order valence-corrected chi connectivity index (χ0v) is 13.2. The summed E-state index contributed by atoms with van der Waals surface area (Å²) in [6.45, 7) is 7.66.